The molecule has 5 heteroatoms. The third-order valence-electron chi connectivity index (χ3n) is 3.22. The first-order chi connectivity index (χ1) is 9.65. The Morgan fingerprint density at radius 2 is 2.25 bits per heavy atom. The van der Waals surface area contributed by atoms with Gasteiger partial charge in [0, 0.05) is 15.4 Å². The third kappa shape index (κ3) is 3.59. The minimum Gasteiger partial charge on any atom is -0.496 e. The zero-order valence-corrected chi connectivity index (χ0v) is 14.3. The quantitative estimate of drug-likeness (QED) is 0.847. The van der Waals surface area contributed by atoms with Gasteiger partial charge in [0.1, 0.15) is 5.75 Å². The monoisotopic (exact) mass is 354 g/mol. The first-order valence-electron chi connectivity index (χ1n) is 6.61. The zero-order chi connectivity index (χ0) is 14.5. The summed E-state index contributed by atoms with van der Waals surface area (Å²) in [4.78, 5) is 5.66. The second-order valence-corrected chi connectivity index (χ2v) is 6.37. The van der Waals surface area contributed by atoms with Gasteiger partial charge >= 0.3 is 0 Å². The van der Waals surface area contributed by atoms with Gasteiger partial charge in [-0.15, -0.1) is 11.3 Å². The number of halogens is 1. The summed E-state index contributed by atoms with van der Waals surface area (Å²) >= 11 is 5.24. The van der Waals surface area contributed by atoms with Gasteiger partial charge in [-0.25, -0.2) is 4.98 Å². The average Bonchev–Trinajstić information content (AvgIpc) is 2.85. The number of methoxy groups -OCH3 is 1. The van der Waals surface area contributed by atoms with Crippen molar-refractivity contribution in [1.29, 1.82) is 0 Å². The molecule has 2 aromatic rings. The molecule has 0 fully saturated rings. The van der Waals surface area contributed by atoms with Gasteiger partial charge < -0.3 is 10.1 Å². The summed E-state index contributed by atoms with van der Waals surface area (Å²) in [5.41, 5.74) is 4.21. The number of rotatable bonds is 6. The lowest BCUT2D eigenvalue weighted by Gasteiger charge is -2.19. The zero-order valence-electron chi connectivity index (χ0n) is 11.9. The topological polar surface area (TPSA) is 34.1 Å². The molecule has 1 aromatic heterocycles. The highest BCUT2D eigenvalue weighted by Gasteiger charge is 2.18. The molecule has 108 valence electrons. The lowest BCUT2D eigenvalue weighted by atomic mass is 10.0. The summed E-state index contributed by atoms with van der Waals surface area (Å²) < 4.78 is 6.54. The average molecular weight is 355 g/mol. The largest absolute Gasteiger partial charge is 0.496 e. The summed E-state index contributed by atoms with van der Waals surface area (Å²) in [6.07, 6.45) is 0.888. The third-order valence-corrected chi connectivity index (χ3v) is 4.75. The van der Waals surface area contributed by atoms with Crippen LogP contribution in [0.1, 0.15) is 29.1 Å². The van der Waals surface area contributed by atoms with E-state index in [9.17, 15) is 0 Å². The highest BCUT2D eigenvalue weighted by Crippen LogP contribution is 2.30. The van der Waals surface area contributed by atoms with Crippen LogP contribution in [0.5, 0.6) is 5.75 Å². The van der Waals surface area contributed by atoms with Crippen molar-refractivity contribution in [2.45, 2.75) is 26.3 Å². The normalized spacial score (nSPS) is 12.4. The van der Waals surface area contributed by atoms with E-state index in [1.54, 1.807) is 18.4 Å². The molecule has 0 spiro atoms. The Kier molecular flexibility index (Phi) is 5.57. The fourth-order valence-corrected chi connectivity index (χ4v) is 3.56. The molecule has 1 atom stereocenters. The highest BCUT2D eigenvalue weighted by atomic mass is 79.9. The number of aryl methyl sites for hydroxylation is 1. The Balaban J connectivity index is 2.29. The lowest BCUT2D eigenvalue weighted by molar-refractivity contribution is 0.405. The van der Waals surface area contributed by atoms with Gasteiger partial charge in [0.25, 0.3) is 0 Å². The van der Waals surface area contributed by atoms with E-state index in [4.69, 9.17) is 4.74 Å². The SMILES string of the molecule is CCNC(Cc1cc(Br)ccc1OC)c1scnc1C. The number of nitrogens with one attached hydrogen (secondary N) is 1. The molecule has 0 aliphatic heterocycles. The van der Waals surface area contributed by atoms with E-state index in [0.29, 0.717) is 0 Å². The molecule has 0 amide bonds. The van der Waals surface area contributed by atoms with Crippen LogP contribution in [0.25, 0.3) is 0 Å². The summed E-state index contributed by atoms with van der Waals surface area (Å²) in [5, 5.41) is 3.54. The van der Waals surface area contributed by atoms with Crippen molar-refractivity contribution in [1.82, 2.24) is 10.3 Å². The number of nitrogens with zero attached hydrogens (tertiary/aromatic N) is 1. The van der Waals surface area contributed by atoms with E-state index in [-0.39, 0.29) is 6.04 Å². The van der Waals surface area contributed by atoms with Crippen molar-refractivity contribution in [3.8, 4) is 5.75 Å². The fourth-order valence-electron chi connectivity index (χ4n) is 2.28. The molecule has 2 rings (SSSR count). The van der Waals surface area contributed by atoms with Crippen molar-refractivity contribution in [2.75, 3.05) is 13.7 Å². The highest BCUT2D eigenvalue weighted by molar-refractivity contribution is 9.10. The Morgan fingerprint density at radius 1 is 1.45 bits per heavy atom. The van der Waals surface area contributed by atoms with E-state index in [1.165, 1.54) is 10.4 Å². The number of hydrogen-bond acceptors (Lipinski definition) is 4. The molecule has 1 N–H and O–H groups in total. The number of aromatic nitrogens is 1. The Bertz CT molecular complexity index is 571. The van der Waals surface area contributed by atoms with Crippen molar-refractivity contribution in [3.63, 3.8) is 0 Å². The van der Waals surface area contributed by atoms with Gasteiger partial charge in [-0.3, -0.25) is 0 Å². The van der Waals surface area contributed by atoms with Crippen LogP contribution in [0, 0.1) is 6.92 Å². The molecule has 20 heavy (non-hydrogen) atoms. The predicted molar refractivity (Wildman–Crippen MR) is 87.7 cm³/mol. The maximum Gasteiger partial charge on any atom is 0.122 e. The van der Waals surface area contributed by atoms with E-state index in [1.807, 2.05) is 17.6 Å². The van der Waals surface area contributed by atoms with Crippen molar-refractivity contribution >= 4 is 27.3 Å². The molecule has 1 unspecified atom stereocenters. The maximum atomic E-state index is 5.47. The maximum absolute atomic E-state index is 5.47. The van der Waals surface area contributed by atoms with E-state index < -0.39 is 0 Å². The molecular formula is C15H19BrN2OS. The second kappa shape index (κ2) is 7.20. The molecule has 1 aromatic carbocycles. The minimum atomic E-state index is 0.274. The molecule has 3 nitrogen and oxygen atoms in total. The first-order valence-corrected chi connectivity index (χ1v) is 8.28. The Hall–Kier alpha value is -0.910. The number of thiazole rings is 1. The standard InChI is InChI=1S/C15H19BrN2OS/c1-4-17-13(15-10(2)18-9-20-15)8-11-7-12(16)5-6-14(11)19-3/h5-7,9,13,17H,4,8H2,1-3H3. The molecule has 0 saturated carbocycles. The van der Waals surface area contributed by atoms with E-state index in [2.05, 4.69) is 46.1 Å². The van der Waals surface area contributed by atoms with Crippen molar-refractivity contribution in [3.05, 3.63) is 44.3 Å². The van der Waals surface area contributed by atoms with E-state index >= 15 is 0 Å². The molecule has 0 radical (unpaired) electrons. The summed E-state index contributed by atoms with van der Waals surface area (Å²) in [6.45, 7) is 5.12. The van der Waals surface area contributed by atoms with Gasteiger partial charge in [0.15, 0.2) is 0 Å². The van der Waals surface area contributed by atoms with Gasteiger partial charge in [0.2, 0.25) is 0 Å². The van der Waals surface area contributed by atoms with Gasteiger partial charge in [0.05, 0.1) is 18.3 Å². The second-order valence-electron chi connectivity index (χ2n) is 4.57. The lowest BCUT2D eigenvalue weighted by Crippen LogP contribution is -2.23. The van der Waals surface area contributed by atoms with Crippen LogP contribution in [0.2, 0.25) is 0 Å². The molecule has 0 bridgehead atoms. The van der Waals surface area contributed by atoms with Crippen molar-refractivity contribution < 1.29 is 4.74 Å². The van der Waals surface area contributed by atoms with Gasteiger partial charge in [-0.2, -0.15) is 0 Å². The molecule has 0 aliphatic carbocycles. The van der Waals surface area contributed by atoms with E-state index in [0.717, 1.165) is 28.9 Å². The van der Waals surface area contributed by atoms with Crippen LogP contribution in [0.15, 0.2) is 28.2 Å². The minimum absolute atomic E-state index is 0.274. The predicted octanol–water partition coefficient (Wildman–Crippen LogP) is 4.12. The summed E-state index contributed by atoms with van der Waals surface area (Å²) in [7, 11) is 1.72. The number of ether oxygens (including phenoxy) is 1. The number of hydrogen-bond donors (Lipinski definition) is 1. The summed E-state index contributed by atoms with van der Waals surface area (Å²) in [5.74, 6) is 0.929. The van der Waals surface area contributed by atoms with Gasteiger partial charge in [-0.1, -0.05) is 22.9 Å². The van der Waals surface area contributed by atoms with Crippen LogP contribution >= 0.6 is 27.3 Å². The van der Waals surface area contributed by atoms with Crippen LogP contribution in [0.3, 0.4) is 0 Å². The van der Waals surface area contributed by atoms with Crippen LogP contribution in [-0.2, 0) is 6.42 Å². The number of benzene rings is 1. The molecule has 0 saturated heterocycles. The molecule has 1 heterocycles. The number of likely N-dealkylation sites (N-methyl/N-ethyl adjacent to an activating group) is 1. The Morgan fingerprint density at radius 3 is 2.85 bits per heavy atom. The molecular weight excluding hydrogens is 336 g/mol. The van der Waals surface area contributed by atoms with Crippen LogP contribution in [-0.4, -0.2) is 18.6 Å². The van der Waals surface area contributed by atoms with Crippen LogP contribution < -0.4 is 10.1 Å². The van der Waals surface area contributed by atoms with Crippen molar-refractivity contribution in [2.24, 2.45) is 0 Å². The van der Waals surface area contributed by atoms with Gasteiger partial charge in [-0.05, 0) is 43.7 Å². The molecule has 0 aliphatic rings. The fraction of sp³-hybridized carbons (Fsp3) is 0.400. The summed E-state index contributed by atoms with van der Waals surface area (Å²) in [6, 6.07) is 6.40. The first kappa shape index (κ1) is 15.5. The Labute approximate surface area is 132 Å². The smallest absolute Gasteiger partial charge is 0.122 e. The van der Waals surface area contributed by atoms with Crippen LogP contribution in [0.4, 0.5) is 0 Å².